The Morgan fingerprint density at radius 2 is 0.714 bits per heavy atom. The van der Waals surface area contributed by atoms with Gasteiger partial charge in [0, 0.05) is 11.1 Å². The number of ketones is 2. The molecule has 12 nitrogen and oxygen atoms in total. The average molecular weight is 767 g/mol. The quantitative estimate of drug-likeness (QED) is 0.0210. The third kappa shape index (κ3) is 12.6. The standard InChI is InChI=1S/C44H46O12/c1-3-5-7-9-19-29-51-43(49)53-37-27-17-15-25-35(37)39(45)31-21-11-13-23-33(31)41(47)55-56-42(48)34-24-14-12-22-32(34)40(46)36-26-16-18-28-38(36)54-44(50)52-30-20-10-8-6-4-2/h11-18,21-28H,3-10,19-20,29-30H2,1-2H3. The summed E-state index contributed by atoms with van der Waals surface area (Å²) in [5, 5.41) is 0. The van der Waals surface area contributed by atoms with Gasteiger partial charge in [0.05, 0.1) is 35.5 Å². The monoisotopic (exact) mass is 766 g/mol. The summed E-state index contributed by atoms with van der Waals surface area (Å²) >= 11 is 0. The zero-order valence-corrected chi connectivity index (χ0v) is 31.6. The molecule has 0 saturated carbocycles. The van der Waals surface area contributed by atoms with Crippen LogP contribution in [-0.2, 0) is 19.2 Å². The maximum Gasteiger partial charge on any atom is 0.513 e. The van der Waals surface area contributed by atoms with Crippen LogP contribution < -0.4 is 9.47 Å². The zero-order valence-electron chi connectivity index (χ0n) is 31.6. The second-order valence-electron chi connectivity index (χ2n) is 12.7. The molecule has 0 bridgehead atoms. The van der Waals surface area contributed by atoms with E-state index in [4.69, 9.17) is 28.7 Å². The minimum absolute atomic E-state index is 0.0305. The predicted molar refractivity (Wildman–Crippen MR) is 205 cm³/mol. The largest absolute Gasteiger partial charge is 0.513 e. The second-order valence-corrected chi connectivity index (χ2v) is 12.7. The van der Waals surface area contributed by atoms with E-state index < -0.39 is 35.8 Å². The van der Waals surface area contributed by atoms with Crippen LogP contribution in [0.1, 0.15) is 131 Å². The van der Waals surface area contributed by atoms with Gasteiger partial charge in [0.2, 0.25) is 0 Å². The third-order valence-electron chi connectivity index (χ3n) is 8.56. The number of hydrogen-bond acceptors (Lipinski definition) is 12. The van der Waals surface area contributed by atoms with E-state index in [1.165, 1.54) is 72.8 Å². The number of hydrogen-bond donors (Lipinski definition) is 0. The molecule has 0 aliphatic heterocycles. The maximum atomic E-state index is 13.7. The van der Waals surface area contributed by atoms with E-state index in [9.17, 15) is 28.8 Å². The molecule has 0 spiro atoms. The van der Waals surface area contributed by atoms with Crippen LogP contribution in [0.25, 0.3) is 0 Å². The molecule has 0 amide bonds. The lowest BCUT2D eigenvalue weighted by Crippen LogP contribution is -2.19. The fourth-order valence-corrected chi connectivity index (χ4v) is 5.62. The molecule has 0 N–H and O–H groups in total. The molecule has 0 unspecified atom stereocenters. The van der Waals surface area contributed by atoms with Crippen molar-refractivity contribution in [2.75, 3.05) is 13.2 Å². The van der Waals surface area contributed by atoms with Gasteiger partial charge in [-0.2, -0.15) is 0 Å². The van der Waals surface area contributed by atoms with Crippen molar-refractivity contribution in [2.45, 2.75) is 78.1 Å². The van der Waals surface area contributed by atoms with Gasteiger partial charge in [-0.25, -0.2) is 29.0 Å². The van der Waals surface area contributed by atoms with Gasteiger partial charge in [-0.3, -0.25) is 9.59 Å². The van der Waals surface area contributed by atoms with Crippen LogP contribution in [0.2, 0.25) is 0 Å². The number of ether oxygens (including phenoxy) is 4. The predicted octanol–water partition coefficient (Wildman–Crippen LogP) is 10.0. The van der Waals surface area contributed by atoms with Gasteiger partial charge in [-0.1, -0.05) is 126 Å². The van der Waals surface area contributed by atoms with Crippen molar-refractivity contribution in [3.05, 3.63) is 130 Å². The highest BCUT2D eigenvalue weighted by Gasteiger charge is 2.27. The van der Waals surface area contributed by atoms with Gasteiger partial charge in [0.1, 0.15) is 11.5 Å². The summed E-state index contributed by atoms with van der Waals surface area (Å²) in [5.41, 5.74) is -0.822. The van der Waals surface area contributed by atoms with Crippen molar-refractivity contribution in [3.63, 3.8) is 0 Å². The third-order valence-corrected chi connectivity index (χ3v) is 8.56. The van der Waals surface area contributed by atoms with Crippen molar-refractivity contribution < 1.29 is 57.5 Å². The summed E-state index contributed by atoms with van der Waals surface area (Å²) in [5.74, 6) is -3.89. The highest BCUT2D eigenvalue weighted by Crippen LogP contribution is 2.26. The van der Waals surface area contributed by atoms with Crippen molar-refractivity contribution >= 4 is 35.8 Å². The van der Waals surface area contributed by atoms with Gasteiger partial charge >= 0.3 is 24.2 Å². The first-order valence-electron chi connectivity index (χ1n) is 18.8. The summed E-state index contributed by atoms with van der Waals surface area (Å²) in [4.78, 5) is 88.5. The Morgan fingerprint density at radius 3 is 1.09 bits per heavy atom. The lowest BCUT2D eigenvalue weighted by molar-refractivity contribution is -0.187. The number of para-hydroxylation sites is 2. The normalized spacial score (nSPS) is 10.5. The molecule has 56 heavy (non-hydrogen) atoms. The van der Waals surface area contributed by atoms with Crippen LogP contribution in [0.4, 0.5) is 9.59 Å². The molecular formula is C44H46O12. The van der Waals surface area contributed by atoms with E-state index in [1.807, 2.05) is 0 Å². The fourth-order valence-electron chi connectivity index (χ4n) is 5.62. The molecule has 0 heterocycles. The lowest BCUT2D eigenvalue weighted by Gasteiger charge is -2.12. The Balaban J connectivity index is 1.41. The molecule has 4 aromatic rings. The van der Waals surface area contributed by atoms with Crippen molar-refractivity contribution in [2.24, 2.45) is 0 Å². The first-order valence-corrected chi connectivity index (χ1v) is 18.8. The summed E-state index contributed by atoms with van der Waals surface area (Å²) in [6, 6.07) is 23.3. The van der Waals surface area contributed by atoms with Crippen molar-refractivity contribution in [1.82, 2.24) is 0 Å². The van der Waals surface area contributed by atoms with Crippen LogP contribution in [0.5, 0.6) is 11.5 Å². The van der Waals surface area contributed by atoms with Gasteiger partial charge in [-0.15, -0.1) is 0 Å². The van der Waals surface area contributed by atoms with Crippen LogP contribution in [0, 0.1) is 0 Å². The van der Waals surface area contributed by atoms with E-state index >= 15 is 0 Å². The summed E-state index contributed by atoms with van der Waals surface area (Å²) in [6.45, 7) is 4.55. The van der Waals surface area contributed by atoms with E-state index in [1.54, 1.807) is 24.3 Å². The van der Waals surface area contributed by atoms with Crippen LogP contribution in [0.3, 0.4) is 0 Å². The SMILES string of the molecule is CCCCCCCOC(=O)Oc1ccccc1C(=O)c1ccccc1C(=O)OOC(=O)c1ccccc1C(=O)c1ccccc1OC(=O)OCCCCCCC. The summed E-state index contributed by atoms with van der Waals surface area (Å²) in [6.07, 6.45) is 7.67. The van der Waals surface area contributed by atoms with Crippen LogP contribution >= 0.6 is 0 Å². The van der Waals surface area contributed by atoms with Crippen molar-refractivity contribution in [1.29, 1.82) is 0 Å². The van der Waals surface area contributed by atoms with E-state index in [2.05, 4.69) is 13.8 Å². The number of carbonyl (C=O) groups is 6. The number of unbranched alkanes of at least 4 members (excludes halogenated alkanes) is 8. The Hall–Kier alpha value is -6.30. The summed E-state index contributed by atoms with van der Waals surface area (Å²) in [7, 11) is 0. The zero-order chi connectivity index (χ0) is 40.1. The molecular weight excluding hydrogens is 720 g/mol. The van der Waals surface area contributed by atoms with Gasteiger partial charge in [0.15, 0.2) is 11.6 Å². The highest BCUT2D eigenvalue weighted by molar-refractivity contribution is 6.17. The minimum Gasteiger partial charge on any atom is -0.434 e. The molecule has 0 fully saturated rings. The first kappa shape index (κ1) is 42.4. The van der Waals surface area contributed by atoms with E-state index in [0.717, 1.165) is 51.4 Å². The smallest absolute Gasteiger partial charge is 0.434 e. The molecule has 0 saturated heterocycles. The molecule has 4 aromatic carbocycles. The molecule has 0 radical (unpaired) electrons. The van der Waals surface area contributed by atoms with Gasteiger partial charge in [-0.05, 0) is 49.2 Å². The second kappa shape index (κ2) is 22.8. The molecule has 294 valence electrons. The Morgan fingerprint density at radius 1 is 0.393 bits per heavy atom. The van der Waals surface area contributed by atoms with Gasteiger partial charge in [0.25, 0.3) is 0 Å². The topological polar surface area (TPSA) is 158 Å². The number of benzene rings is 4. The highest BCUT2D eigenvalue weighted by atomic mass is 17.2. The molecule has 4 rings (SSSR count). The lowest BCUT2D eigenvalue weighted by atomic mass is 9.97. The Kier molecular flexibility index (Phi) is 17.3. The Bertz CT molecular complexity index is 1830. The number of rotatable bonds is 20. The number of carbonyl (C=O) groups excluding carboxylic acids is 6. The van der Waals surface area contributed by atoms with Crippen LogP contribution in [-0.4, -0.2) is 49.0 Å². The average Bonchev–Trinajstić information content (AvgIpc) is 3.22. The molecule has 12 heteroatoms. The molecule has 0 atom stereocenters. The minimum atomic E-state index is -1.19. The van der Waals surface area contributed by atoms with Crippen LogP contribution in [0.15, 0.2) is 97.1 Å². The maximum absolute atomic E-state index is 13.7. The molecule has 0 aliphatic carbocycles. The van der Waals surface area contributed by atoms with E-state index in [-0.39, 0.29) is 58.1 Å². The molecule has 0 aromatic heterocycles. The molecule has 0 aliphatic rings. The summed E-state index contributed by atoms with van der Waals surface area (Å²) < 4.78 is 21.0. The van der Waals surface area contributed by atoms with E-state index in [0.29, 0.717) is 12.8 Å². The van der Waals surface area contributed by atoms with Gasteiger partial charge < -0.3 is 18.9 Å². The Labute approximate surface area is 325 Å². The van der Waals surface area contributed by atoms with Crippen molar-refractivity contribution in [3.8, 4) is 11.5 Å². The fraction of sp³-hybridized carbons (Fsp3) is 0.318. The first-order chi connectivity index (χ1) is 27.2.